The van der Waals surface area contributed by atoms with Gasteiger partial charge in [-0.05, 0) is 12.1 Å². The molecule has 0 unspecified atom stereocenters. The molecule has 0 fully saturated rings. The van der Waals surface area contributed by atoms with E-state index < -0.39 is 11.8 Å². The van der Waals surface area contributed by atoms with Gasteiger partial charge in [0, 0.05) is 18.3 Å². The van der Waals surface area contributed by atoms with Crippen LogP contribution in [0.5, 0.6) is 5.75 Å². The van der Waals surface area contributed by atoms with Gasteiger partial charge in [0.15, 0.2) is 5.82 Å². The normalized spacial score (nSPS) is 10.2. The van der Waals surface area contributed by atoms with Crippen molar-refractivity contribution < 1.29 is 13.5 Å². The van der Waals surface area contributed by atoms with Crippen LogP contribution >= 0.6 is 0 Å². The second-order valence-corrected chi connectivity index (χ2v) is 3.05. The van der Waals surface area contributed by atoms with Crippen LogP contribution in [-0.2, 0) is 0 Å². The highest BCUT2D eigenvalue weighted by atomic mass is 19.1. The molecule has 0 aliphatic rings. The minimum absolute atomic E-state index is 0.164. The number of hydrogen-bond donors (Lipinski definition) is 0. The van der Waals surface area contributed by atoms with E-state index in [1.807, 2.05) is 0 Å². The molecule has 0 atom stereocenters. The number of benzene rings is 1. The molecule has 1 heterocycles. The standard InChI is InChI=1S/C11H8F2N2O/c1-16-9-6-7(12)2-3-8(9)11-14-5-4-10(13)15-11/h2-6H,1H3. The second-order valence-electron chi connectivity index (χ2n) is 3.05. The Morgan fingerprint density at radius 2 is 2.00 bits per heavy atom. The zero-order valence-corrected chi connectivity index (χ0v) is 8.45. The van der Waals surface area contributed by atoms with Gasteiger partial charge >= 0.3 is 0 Å². The molecule has 0 saturated heterocycles. The number of aromatic nitrogens is 2. The first-order chi connectivity index (χ1) is 7.70. The van der Waals surface area contributed by atoms with Gasteiger partial charge in [0.1, 0.15) is 11.6 Å². The first-order valence-electron chi connectivity index (χ1n) is 4.53. The van der Waals surface area contributed by atoms with E-state index in [1.54, 1.807) is 0 Å². The highest BCUT2D eigenvalue weighted by Crippen LogP contribution is 2.27. The fourth-order valence-corrected chi connectivity index (χ4v) is 1.32. The monoisotopic (exact) mass is 222 g/mol. The number of ether oxygens (including phenoxy) is 1. The van der Waals surface area contributed by atoms with E-state index in [0.29, 0.717) is 5.56 Å². The van der Waals surface area contributed by atoms with Crippen molar-refractivity contribution in [3.05, 3.63) is 42.2 Å². The van der Waals surface area contributed by atoms with Crippen molar-refractivity contribution in [2.75, 3.05) is 7.11 Å². The van der Waals surface area contributed by atoms with Crippen molar-refractivity contribution in [3.8, 4) is 17.1 Å². The molecule has 5 heteroatoms. The first-order valence-corrected chi connectivity index (χ1v) is 4.53. The predicted octanol–water partition coefficient (Wildman–Crippen LogP) is 2.43. The highest BCUT2D eigenvalue weighted by Gasteiger charge is 2.10. The molecular weight excluding hydrogens is 214 g/mol. The van der Waals surface area contributed by atoms with E-state index in [-0.39, 0.29) is 11.6 Å². The third-order valence-electron chi connectivity index (χ3n) is 2.03. The van der Waals surface area contributed by atoms with Gasteiger partial charge < -0.3 is 4.74 Å². The fraction of sp³-hybridized carbons (Fsp3) is 0.0909. The summed E-state index contributed by atoms with van der Waals surface area (Å²) in [6.07, 6.45) is 1.29. The van der Waals surface area contributed by atoms with Crippen LogP contribution < -0.4 is 4.74 Å². The minimum atomic E-state index is -0.642. The summed E-state index contributed by atoms with van der Waals surface area (Å²) in [5.41, 5.74) is 0.448. The first kappa shape index (κ1) is 10.5. The van der Waals surface area contributed by atoms with E-state index in [4.69, 9.17) is 4.74 Å². The van der Waals surface area contributed by atoms with Crippen molar-refractivity contribution in [3.63, 3.8) is 0 Å². The van der Waals surface area contributed by atoms with Crippen LogP contribution in [0.2, 0.25) is 0 Å². The van der Waals surface area contributed by atoms with E-state index in [0.717, 1.165) is 6.07 Å². The Morgan fingerprint density at radius 3 is 2.69 bits per heavy atom. The molecule has 1 aromatic carbocycles. The van der Waals surface area contributed by atoms with Gasteiger partial charge in [0.25, 0.3) is 0 Å². The summed E-state index contributed by atoms with van der Waals surface area (Å²) in [6, 6.07) is 5.03. The molecule has 2 aromatic rings. The summed E-state index contributed by atoms with van der Waals surface area (Å²) in [5.74, 6) is -0.643. The number of methoxy groups -OCH3 is 1. The molecule has 0 radical (unpaired) electrons. The van der Waals surface area contributed by atoms with Crippen molar-refractivity contribution in [2.24, 2.45) is 0 Å². The number of nitrogens with zero attached hydrogens (tertiary/aromatic N) is 2. The van der Waals surface area contributed by atoms with Gasteiger partial charge in [-0.1, -0.05) is 0 Å². The maximum absolute atomic E-state index is 12.9. The quantitative estimate of drug-likeness (QED) is 0.732. The summed E-state index contributed by atoms with van der Waals surface area (Å²) in [7, 11) is 1.40. The molecule has 0 bridgehead atoms. The summed E-state index contributed by atoms with van der Waals surface area (Å²) in [4.78, 5) is 7.50. The zero-order valence-electron chi connectivity index (χ0n) is 8.45. The molecule has 0 aliphatic carbocycles. The van der Waals surface area contributed by atoms with Gasteiger partial charge in [-0.15, -0.1) is 0 Å². The Labute approximate surface area is 90.7 Å². The molecule has 16 heavy (non-hydrogen) atoms. The Kier molecular flexibility index (Phi) is 2.76. The lowest BCUT2D eigenvalue weighted by Gasteiger charge is -2.06. The maximum Gasteiger partial charge on any atom is 0.216 e. The van der Waals surface area contributed by atoms with Gasteiger partial charge in [0.2, 0.25) is 5.95 Å². The van der Waals surface area contributed by atoms with Crippen LogP contribution in [0.4, 0.5) is 8.78 Å². The molecule has 0 amide bonds. The lowest BCUT2D eigenvalue weighted by atomic mass is 10.2. The van der Waals surface area contributed by atoms with Crippen molar-refractivity contribution in [1.29, 1.82) is 0 Å². The number of hydrogen-bond acceptors (Lipinski definition) is 3. The average Bonchev–Trinajstić information content (AvgIpc) is 2.28. The molecule has 82 valence electrons. The molecule has 3 nitrogen and oxygen atoms in total. The van der Waals surface area contributed by atoms with Gasteiger partial charge in [-0.2, -0.15) is 9.37 Å². The molecule has 0 aliphatic heterocycles. The van der Waals surface area contributed by atoms with Gasteiger partial charge in [-0.3, -0.25) is 0 Å². The Balaban J connectivity index is 2.55. The second kappa shape index (κ2) is 4.22. The topological polar surface area (TPSA) is 35.0 Å². The molecule has 0 saturated carbocycles. The number of halogens is 2. The van der Waals surface area contributed by atoms with Gasteiger partial charge in [-0.25, -0.2) is 9.37 Å². The van der Waals surface area contributed by atoms with E-state index in [1.165, 1.54) is 31.5 Å². The SMILES string of the molecule is COc1cc(F)ccc1-c1nccc(F)n1. The Bertz CT molecular complexity index is 517. The van der Waals surface area contributed by atoms with Crippen LogP contribution in [0, 0.1) is 11.8 Å². The van der Waals surface area contributed by atoms with Gasteiger partial charge in [0.05, 0.1) is 12.7 Å². The Morgan fingerprint density at radius 1 is 1.19 bits per heavy atom. The molecular formula is C11H8F2N2O. The fourth-order valence-electron chi connectivity index (χ4n) is 1.32. The third-order valence-corrected chi connectivity index (χ3v) is 2.03. The summed E-state index contributed by atoms with van der Waals surface area (Å²) in [5, 5.41) is 0. The van der Waals surface area contributed by atoms with Crippen molar-refractivity contribution >= 4 is 0 Å². The highest BCUT2D eigenvalue weighted by molar-refractivity contribution is 5.63. The Hall–Kier alpha value is -2.04. The largest absolute Gasteiger partial charge is 0.496 e. The zero-order chi connectivity index (χ0) is 11.5. The maximum atomic E-state index is 12.9. The van der Waals surface area contributed by atoms with Crippen LogP contribution in [0.1, 0.15) is 0 Å². The lowest BCUT2D eigenvalue weighted by molar-refractivity contribution is 0.412. The number of rotatable bonds is 2. The molecule has 1 aromatic heterocycles. The van der Waals surface area contributed by atoms with E-state index in [2.05, 4.69) is 9.97 Å². The molecule has 0 spiro atoms. The summed E-state index contributed by atoms with van der Waals surface area (Å²) < 4.78 is 30.8. The average molecular weight is 222 g/mol. The van der Waals surface area contributed by atoms with E-state index >= 15 is 0 Å². The summed E-state index contributed by atoms with van der Waals surface area (Å²) in [6.45, 7) is 0. The van der Waals surface area contributed by atoms with Crippen LogP contribution in [0.3, 0.4) is 0 Å². The molecule has 2 rings (SSSR count). The third kappa shape index (κ3) is 1.98. The van der Waals surface area contributed by atoms with Crippen molar-refractivity contribution in [1.82, 2.24) is 9.97 Å². The molecule has 0 N–H and O–H groups in total. The predicted molar refractivity (Wildman–Crippen MR) is 53.9 cm³/mol. The minimum Gasteiger partial charge on any atom is -0.496 e. The summed E-state index contributed by atoms with van der Waals surface area (Å²) >= 11 is 0. The lowest BCUT2D eigenvalue weighted by Crippen LogP contribution is -1.95. The smallest absolute Gasteiger partial charge is 0.216 e. The van der Waals surface area contributed by atoms with Crippen LogP contribution in [0.25, 0.3) is 11.4 Å². The van der Waals surface area contributed by atoms with Crippen molar-refractivity contribution in [2.45, 2.75) is 0 Å². The van der Waals surface area contributed by atoms with E-state index in [9.17, 15) is 8.78 Å². The van der Waals surface area contributed by atoms with Crippen LogP contribution in [0.15, 0.2) is 30.5 Å². The van der Waals surface area contributed by atoms with Crippen LogP contribution in [-0.4, -0.2) is 17.1 Å².